The van der Waals surface area contributed by atoms with Crippen LogP contribution >= 0.6 is 18.2 Å². The highest BCUT2D eigenvalue weighted by Gasteiger charge is 2.45. The van der Waals surface area contributed by atoms with Gasteiger partial charge in [-0.25, -0.2) is 4.57 Å². The standard InChI is InChI=1S/C9H18ClO3P/c1-4-6-9(5-2)7-12-14(10,11)13-8(9)3/h8H,4-7H2,1-3H3. The second-order valence-corrected chi connectivity index (χ2v) is 6.49. The smallest absolute Gasteiger partial charge is 0.296 e. The van der Waals surface area contributed by atoms with E-state index in [1.807, 2.05) is 6.92 Å². The van der Waals surface area contributed by atoms with Crippen molar-refractivity contribution in [2.75, 3.05) is 6.61 Å². The van der Waals surface area contributed by atoms with Crippen LogP contribution in [-0.4, -0.2) is 12.7 Å². The van der Waals surface area contributed by atoms with E-state index >= 15 is 0 Å². The first-order chi connectivity index (χ1) is 6.46. The van der Waals surface area contributed by atoms with Crippen LogP contribution in [0.2, 0.25) is 0 Å². The first-order valence-corrected chi connectivity index (χ1v) is 7.53. The average Bonchev–Trinajstić information content (AvgIpc) is 2.10. The van der Waals surface area contributed by atoms with E-state index in [4.69, 9.17) is 20.3 Å². The van der Waals surface area contributed by atoms with Gasteiger partial charge in [-0.2, -0.15) is 0 Å². The lowest BCUT2D eigenvalue weighted by atomic mass is 9.77. The summed E-state index contributed by atoms with van der Waals surface area (Å²) in [5.74, 6) is 0. The van der Waals surface area contributed by atoms with Crippen molar-refractivity contribution in [1.82, 2.24) is 0 Å². The Kier molecular flexibility index (Phi) is 4.04. The van der Waals surface area contributed by atoms with Crippen molar-refractivity contribution in [2.24, 2.45) is 5.41 Å². The van der Waals surface area contributed by atoms with Crippen LogP contribution in [-0.2, 0) is 13.6 Å². The van der Waals surface area contributed by atoms with Gasteiger partial charge in [-0.15, -0.1) is 0 Å². The van der Waals surface area contributed by atoms with Gasteiger partial charge in [0.1, 0.15) is 0 Å². The summed E-state index contributed by atoms with van der Waals surface area (Å²) < 4.78 is 21.7. The molecule has 1 fully saturated rings. The molecule has 0 bridgehead atoms. The zero-order chi connectivity index (χ0) is 10.8. The Bertz CT molecular complexity index is 246. The summed E-state index contributed by atoms with van der Waals surface area (Å²) in [5.41, 5.74) is -0.0163. The van der Waals surface area contributed by atoms with Gasteiger partial charge in [0, 0.05) is 16.7 Å². The molecule has 0 N–H and O–H groups in total. The Morgan fingerprint density at radius 2 is 2.21 bits per heavy atom. The maximum absolute atomic E-state index is 11.4. The highest BCUT2D eigenvalue weighted by Crippen LogP contribution is 2.61. The largest absolute Gasteiger partial charge is 0.424 e. The van der Waals surface area contributed by atoms with E-state index in [0.29, 0.717) is 6.61 Å². The topological polar surface area (TPSA) is 35.5 Å². The molecule has 0 aliphatic carbocycles. The molecule has 84 valence electrons. The molecule has 1 saturated heterocycles. The van der Waals surface area contributed by atoms with Crippen LogP contribution in [0.1, 0.15) is 40.0 Å². The summed E-state index contributed by atoms with van der Waals surface area (Å²) in [5, 5.41) is 0. The third kappa shape index (κ3) is 2.52. The SMILES string of the molecule is CCCC1(CC)COP(=O)(Cl)OC1C. The van der Waals surface area contributed by atoms with Crippen LogP contribution in [0.3, 0.4) is 0 Å². The predicted molar refractivity (Wildman–Crippen MR) is 57.6 cm³/mol. The molecule has 0 aromatic carbocycles. The maximum atomic E-state index is 11.4. The normalized spacial score (nSPS) is 43.9. The van der Waals surface area contributed by atoms with Crippen molar-refractivity contribution in [3.05, 3.63) is 0 Å². The van der Waals surface area contributed by atoms with Crippen molar-refractivity contribution in [2.45, 2.75) is 46.1 Å². The fourth-order valence-corrected chi connectivity index (χ4v) is 3.57. The summed E-state index contributed by atoms with van der Waals surface area (Å²) in [7, 11) is 0. The van der Waals surface area contributed by atoms with E-state index in [2.05, 4.69) is 13.8 Å². The predicted octanol–water partition coefficient (Wildman–Crippen LogP) is 3.97. The molecule has 0 aromatic rings. The fourth-order valence-electron chi connectivity index (χ4n) is 1.99. The lowest BCUT2D eigenvalue weighted by molar-refractivity contribution is -0.0397. The zero-order valence-electron chi connectivity index (χ0n) is 8.96. The summed E-state index contributed by atoms with van der Waals surface area (Å²) in [6.45, 7) is 3.31. The average molecular weight is 241 g/mol. The Balaban J connectivity index is 2.76. The van der Waals surface area contributed by atoms with Gasteiger partial charge in [0.05, 0.1) is 12.7 Å². The van der Waals surface area contributed by atoms with Crippen molar-refractivity contribution >= 4 is 18.2 Å². The molecular weight excluding hydrogens is 223 g/mol. The van der Waals surface area contributed by atoms with Gasteiger partial charge >= 0.3 is 6.95 Å². The minimum atomic E-state index is -3.29. The third-order valence-corrected chi connectivity index (χ3v) is 4.64. The third-order valence-electron chi connectivity index (χ3n) is 3.10. The molecule has 0 saturated carbocycles. The Hall–Kier alpha value is 0.440. The molecule has 14 heavy (non-hydrogen) atoms. The Morgan fingerprint density at radius 1 is 1.57 bits per heavy atom. The molecule has 0 spiro atoms. The summed E-state index contributed by atoms with van der Waals surface area (Å²) in [6.07, 6.45) is 2.95. The van der Waals surface area contributed by atoms with Gasteiger partial charge in [0.2, 0.25) is 0 Å². The van der Waals surface area contributed by atoms with Crippen molar-refractivity contribution in [3.8, 4) is 0 Å². The van der Waals surface area contributed by atoms with Crippen LogP contribution in [0.4, 0.5) is 0 Å². The highest BCUT2D eigenvalue weighted by atomic mass is 35.7. The molecular formula is C9H18ClO3P. The van der Waals surface area contributed by atoms with Crippen molar-refractivity contribution in [1.29, 1.82) is 0 Å². The van der Waals surface area contributed by atoms with Crippen LogP contribution < -0.4 is 0 Å². The molecule has 1 heterocycles. The van der Waals surface area contributed by atoms with Crippen LogP contribution in [0, 0.1) is 5.41 Å². The summed E-state index contributed by atoms with van der Waals surface area (Å²) >= 11 is 5.56. The second kappa shape index (κ2) is 4.52. The number of halogens is 1. The Labute approximate surface area is 90.4 Å². The van der Waals surface area contributed by atoms with Crippen molar-refractivity contribution in [3.63, 3.8) is 0 Å². The number of hydrogen-bond acceptors (Lipinski definition) is 3. The molecule has 1 rings (SSSR count). The molecule has 1 aliphatic heterocycles. The minimum absolute atomic E-state index is 0.0163. The first kappa shape index (κ1) is 12.5. The number of hydrogen-bond donors (Lipinski definition) is 0. The highest BCUT2D eigenvalue weighted by molar-refractivity contribution is 7.81. The maximum Gasteiger partial charge on any atom is 0.424 e. The molecule has 3 nitrogen and oxygen atoms in total. The van der Waals surface area contributed by atoms with E-state index in [1.165, 1.54) is 0 Å². The minimum Gasteiger partial charge on any atom is -0.296 e. The van der Waals surface area contributed by atoms with E-state index in [1.54, 1.807) is 0 Å². The molecule has 0 radical (unpaired) electrons. The first-order valence-electron chi connectivity index (χ1n) is 5.08. The zero-order valence-corrected chi connectivity index (χ0v) is 10.6. The number of rotatable bonds is 3. The molecule has 0 amide bonds. The molecule has 3 unspecified atom stereocenters. The van der Waals surface area contributed by atoms with Crippen LogP contribution in [0.5, 0.6) is 0 Å². The monoisotopic (exact) mass is 240 g/mol. The van der Waals surface area contributed by atoms with E-state index in [9.17, 15) is 4.57 Å². The van der Waals surface area contributed by atoms with E-state index in [-0.39, 0.29) is 11.5 Å². The molecule has 3 atom stereocenters. The molecule has 1 aliphatic rings. The van der Waals surface area contributed by atoms with Crippen molar-refractivity contribution < 1.29 is 13.6 Å². The molecule has 5 heteroatoms. The summed E-state index contributed by atoms with van der Waals surface area (Å²) in [4.78, 5) is 0. The van der Waals surface area contributed by atoms with Gasteiger partial charge in [-0.3, -0.25) is 9.05 Å². The van der Waals surface area contributed by atoms with Gasteiger partial charge < -0.3 is 0 Å². The van der Waals surface area contributed by atoms with Crippen LogP contribution in [0.25, 0.3) is 0 Å². The van der Waals surface area contributed by atoms with Gasteiger partial charge in [-0.05, 0) is 19.8 Å². The fraction of sp³-hybridized carbons (Fsp3) is 1.00. The lowest BCUT2D eigenvalue weighted by Gasteiger charge is -2.42. The summed E-state index contributed by atoms with van der Waals surface area (Å²) in [6, 6.07) is 0. The Morgan fingerprint density at radius 3 is 2.64 bits per heavy atom. The quantitative estimate of drug-likeness (QED) is 0.701. The van der Waals surface area contributed by atoms with Gasteiger partial charge in [0.15, 0.2) is 0 Å². The molecule has 0 aromatic heterocycles. The van der Waals surface area contributed by atoms with E-state index < -0.39 is 6.95 Å². The van der Waals surface area contributed by atoms with Gasteiger partial charge in [0.25, 0.3) is 0 Å². The second-order valence-electron chi connectivity index (χ2n) is 3.92. The van der Waals surface area contributed by atoms with Gasteiger partial charge in [-0.1, -0.05) is 20.3 Å². The van der Waals surface area contributed by atoms with E-state index in [0.717, 1.165) is 19.3 Å². The lowest BCUT2D eigenvalue weighted by Crippen LogP contribution is -2.41. The van der Waals surface area contributed by atoms with Crippen LogP contribution in [0.15, 0.2) is 0 Å².